The van der Waals surface area contributed by atoms with Crippen LogP contribution in [0.4, 0.5) is 0 Å². The molecule has 0 saturated carbocycles. The minimum Gasteiger partial charge on any atom is -0.444 e. The van der Waals surface area contributed by atoms with Crippen LogP contribution in [0, 0.1) is 0 Å². The molecule has 0 radical (unpaired) electrons. The van der Waals surface area contributed by atoms with Crippen molar-refractivity contribution in [1.82, 2.24) is 24.1 Å². The van der Waals surface area contributed by atoms with E-state index in [-0.39, 0.29) is 5.56 Å². The summed E-state index contributed by atoms with van der Waals surface area (Å²) in [6.45, 7) is 4.11. The Balaban J connectivity index is 1.52. The second-order valence-corrected chi connectivity index (χ2v) is 7.58. The number of allylic oxidation sites excluding steroid dienone is 1. The monoisotopic (exact) mass is 415 g/mol. The third kappa shape index (κ3) is 3.11. The average Bonchev–Trinajstić information content (AvgIpc) is 3.43. The van der Waals surface area contributed by atoms with Crippen LogP contribution < -0.4 is 5.56 Å². The Morgan fingerprint density at radius 3 is 2.70 bits per heavy atom. The Hall–Kier alpha value is -3.65. The summed E-state index contributed by atoms with van der Waals surface area (Å²) in [6.07, 6.45) is 3.34. The van der Waals surface area contributed by atoms with Gasteiger partial charge >= 0.3 is 0 Å². The second-order valence-electron chi connectivity index (χ2n) is 6.64. The van der Waals surface area contributed by atoms with E-state index in [4.69, 9.17) is 4.42 Å². The van der Waals surface area contributed by atoms with E-state index in [1.54, 1.807) is 16.9 Å². The molecule has 5 aromatic rings. The molecule has 0 bridgehead atoms. The number of hydrogen-bond acceptors (Lipinski definition) is 6. The fourth-order valence-corrected chi connectivity index (χ4v) is 4.16. The predicted octanol–water partition coefficient (Wildman–Crippen LogP) is 4.18. The van der Waals surface area contributed by atoms with Gasteiger partial charge in [-0.1, -0.05) is 48.2 Å². The minimum absolute atomic E-state index is 0.106. The molecule has 0 aliphatic heterocycles. The molecule has 30 heavy (non-hydrogen) atoms. The third-order valence-electron chi connectivity index (χ3n) is 4.71. The number of nitrogens with zero attached hydrogens (tertiary/aromatic N) is 5. The first-order chi connectivity index (χ1) is 14.8. The summed E-state index contributed by atoms with van der Waals surface area (Å²) >= 11 is 1.49. The van der Waals surface area contributed by atoms with Crippen molar-refractivity contribution in [2.24, 2.45) is 0 Å². The van der Waals surface area contributed by atoms with E-state index in [9.17, 15) is 4.79 Å². The van der Waals surface area contributed by atoms with Gasteiger partial charge < -0.3 is 4.42 Å². The van der Waals surface area contributed by atoms with E-state index in [0.29, 0.717) is 34.5 Å². The van der Waals surface area contributed by atoms with Gasteiger partial charge in [-0.2, -0.15) is 0 Å². The van der Waals surface area contributed by atoms with Crippen LogP contribution in [0.25, 0.3) is 28.1 Å². The SMILES string of the molecule is C=CCn1c(=O)c2ccccc2n2c(SCc3coc(-c4ccccc4)n3)nnc12. The van der Waals surface area contributed by atoms with Crippen molar-refractivity contribution in [3.05, 3.63) is 89.6 Å². The predicted molar refractivity (Wildman–Crippen MR) is 116 cm³/mol. The lowest BCUT2D eigenvalue weighted by Gasteiger charge is -2.09. The molecule has 3 aromatic heterocycles. The summed E-state index contributed by atoms with van der Waals surface area (Å²) in [6, 6.07) is 17.2. The zero-order valence-corrected chi connectivity index (χ0v) is 16.7. The summed E-state index contributed by atoms with van der Waals surface area (Å²) in [7, 11) is 0. The normalized spacial score (nSPS) is 11.3. The van der Waals surface area contributed by atoms with Crippen molar-refractivity contribution in [3.8, 4) is 11.5 Å². The largest absolute Gasteiger partial charge is 0.444 e. The van der Waals surface area contributed by atoms with Crippen molar-refractivity contribution >= 4 is 28.4 Å². The molecule has 0 aliphatic carbocycles. The van der Waals surface area contributed by atoms with Crippen LogP contribution in [-0.2, 0) is 12.3 Å². The Kier molecular flexibility index (Phi) is 4.68. The Morgan fingerprint density at radius 1 is 1.07 bits per heavy atom. The van der Waals surface area contributed by atoms with Crippen LogP contribution in [0.2, 0.25) is 0 Å². The fraction of sp³-hybridized carbons (Fsp3) is 0.0909. The van der Waals surface area contributed by atoms with Crippen LogP contribution in [0.5, 0.6) is 0 Å². The number of rotatable bonds is 6. The zero-order valence-electron chi connectivity index (χ0n) is 15.9. The van der Waals surface area contributed by atoms with E-state index in [0.717, 1.165) is 16.8 Å². The van der Waals surface area contributed by atoms with Crippen LogP contribution in [0.1, 0.15) is 5.69 Å². The number of para-hydroxylation sites is 1. The molecule has 0 N–H and O–H groups in total. The lowest BCUT2D eigenvalue weighted by Crippen LogP contribution is -2.22. The molecule has 0 aliphatic rings. The van der Waals surface area contributed by atoms with Crippen molar-refractivity contribution in [2.45, 2.75) is 17.5 Å². The van der Waals surface area contributed by atoms with Crippen LogP contribution >= 0.6 is 11.8 Å². The van der Waals surface area contributed by atoms with Crippen molar-refractivity contribution in [2.75, 3.05) is 0 Å². The molecule has 0 atom stereocenters. The molecule has 0 unspecified atom stereocenters. The molecule has 7 nitrogen and oxygen atoms in total. The Labute approximate surface area is 175 Å². The summed E-state index contributed by atoms with van der Waals surface area (Å²) in [5.74, 6) is 1.64. The van der Waals surface area contributed by atoms with Crippen molar-refractivity contribution in [1.29, 1.82) is 0 Å². The highest BCUT2D eigenvalue weighted by Crippen LogP contribution is 2.26. The van der Waals surface area contributed by atoms with Crippen LogP contribution in [0.3, 0.4) is 0 Å². The molecule has 3 heterocycles. The second kappa shape index (κ2) is 7.64. The molecule has 148 valence electrons. The first kappa shape index (κ1) is 18.4. The zero-order chi connectivity index (χ0) is 20.5. The van der Waals surface area contributed by atoms with E-state index in [1.165, 1.54) is 11.8 Å². The van der Waals surface area contributed by atoms with Gasteiger partial charge in [0.25, 0.3) is 5.56 Å². The molecule has 5 rings (SSSR count). The first-order valence-corrected chi connectivity index (χ1v) is 10.3. The molecular formula is C22H17N5O2S. The fourth-order valence-electron chi connectivity index (χ4n) is 3.35. The third-order valence-corrected chi connectivity index (χ3v) is 5.67. The number of aromatic nitrogens is 5. The number of hydrogen-bond donors (Lipinski definition) is 0. The standard InChI is InChI=1S/C22H17N5O2S/c1-2-12-26-20(28)17-10-6-7-11-18(17)27-21(26)24-25-22(27)30-14-16-13-29-19(23-16)15-8-4-3-5-9-15/h2-11,13H,1,12,14H2. The summed E-state index contributed by atoms with van der Waals surface area (Å²) in [5.41, 5.74) is 2.40. The van der Waals surface area contributed by atoms with Gasteiger partial charge in [0.2, 0.25) is 11.7 Å². The Bertz CT molecular complexity index is 1420. The quantitative estimate of drug-likeness (QED) is 0.306. The minimum atomic E-state index is -0.106. The lowest BCUT2D eigenvalue weighted by atomic mass is 10.2. The number of benzene rings is 2. The van der Waals surface area contributed by atoms with Crippen LogP contribution in [0.15, 0.2) is 87.9 Å². The molecule has 0 spiro atoms. The van der Waals surface area contributed by atoms with E-state index < -0.39 is 0 Å². The molecule has 0 amide bonds. The van der Waals surface area contributed by atoms with Gasteiger partial charge in [0, 0.05) is 17.9 Å². The topological polar surface area (TPSA) is 78.2 Å². The van der Waals surface area contributed by atoms with Gasteiger partial charge in [0.05, 0.1) is 16.6 Å². The summed E-state index contributed by atoms with van der Waals surface area (Å²) < 4.78 is 9.11. The van der Waals surface area contributed by atoms with Gasteiger partial charge in [-0.15, -0.1) is 16.8 Å². The number of oxazole rings is 1. The highest BCUT2D eigenvalue weighted by atomic mass is 32.2. The lowest BCUT2D eigenvalue weighted by molar-refractivity contribution is 0.573. The first-order valence-electron chi connectivity index (χ1n) is 9.36. The van der Waals surface area contributed by atoms with Crippen molar-refractivity contribution < 1.29 is 4.42 Å². The highest BCUT2D eigenvalue weighted by Gasteiger charge is 2.17. The van der Waals surface area contributed by atoms with Gasteiger partial charge in [-0.3, -0.25) is 13.8 Å². The maximum atomic E-state index is 12.9. The summed E-state index contributed by atoms with van der Waals surface area (Å²) in [5, 5.41) is 9.91. The van der Waals surface area contributed by atoms with Gasteiger partial charge in [0.15, 0.2) is 5.16 Å². The van der Waals surface area contributed by atoms with Gasteiger partial charge in [-0.05, 0) is 24.3 Å². The van der Waals surface area contributed by atoms with E-state index >= 15 is 0 Å². The molecule has 8 heteroatoms. The maximum absolute atomic E-state index is 12.9. The maximum Gasteiger partial charge on any atom is 0.263 e. The van der Waals surface area contributed by atoms with E-state index in [1.807, 2.05) is 59.0 Å². The summed E-state index contributed by atoms with van der Waals surface area (Å²) in [4.78, 5) is 17.4. The highest BCUT2D eigenvalue weighted by molar-refractivity contribution is 7.98. The Morgan fingerprint density at radius 2 is 1.87 bits per heavy atom. The molecule has 2 aromatic carbocycles. The average molecular weight is 415 g/mol. The molecule has 0 saturated heterocycles. The molecule has 0 fully saturated rings. The van der Waals surface area contributed by atoms with E-state index in [2.05, 4.69) is 21.8 Å². The smallest absolute Gasteiger partial charge is 0.263 e. The molecular weight excluding hydrogens is 398 g/mol. The van der Waals surface area contributed by atoms with Gasteiger partial charge in [0.1, 0.15) is 6.26 Å². The number of thioether (sulfide) groups is 1. The van der Waals surface area contributed by atoms with Crippen molar-refractivity contribution in [3.63, 3.8) is 0 Å². The number of fused-ring (bicyclic) bond motifs is 3. The van der Waals surface area contributed by atoms with Crippen LogP contribution in [-0.4, -0.2) is 24.1 Å². The van der Waals surface area contributed by atoms with Gasteiger partial charge in [-0.25, -0.2) is 4.98 Å².